The van der Waals surface area contributed by atoms with E-state index in [1.807, 2.05) is 62.1 Å². The molecule has 33 heavy (non-hydrogen) atoms. The first-order chi connectivity index (χ1) is 16.0. The summed E-state index contributed by atoms with van der Waals surface area (Å²) in [6.07, 6.45) is 0. The van der Waals surface area contributed by atoms with E-state index in [4.69, 9.17) is 4.98 Å². The van der Waals surface area contributed by atoms with Crippen molar-refractivity contribution in [2.24, 2.45) is 0 Å². The Labute approximate surface area is 205 Å². The second-order valence-corrected chi connectivity index (χ2v) is 10.5. The normalized spacial score (nSPS) is 12.4. The van der Waals surface area contributed by atoms with E-state index in [-0.39, 0.29) is 23.3 Å². The Morgan fingerprint density at radius 1 is 1.18 bits per heavy atom. The lowest BCUT2D eigenvalue weighted by Crippen LogP contribution is -2.35. The van der Waals surface area contributed by atoms with Gasteiger partial charge in [0, 0.05) is 28.9 Å². The maximum atomic E-state index is 13.3. The zero-order valence-electron chi connectivity index (χ0n) is 18.8. The number of likely N-dealkylation sites (N-methyl/N-ethyl adjacent to an activating group) is 1. The molecule has 0 radical (unpaired) electrons. The van der Waals surface area contributed by atoms with Gasteiger partial charge in [0.2, 0.25) is 5.91 Å². The van der Waals surface area contributed by atoms with E-state index in [1.165, 1.54) is 23.1 Å². The number of hydrogen-bond donors (Lipinski definition) is 1. The number of thiophene rings is 2. The molecule has 9 heteroatoms. The molecular formula is C24H26N4O2S3. The number of amides is 1. The van der Waals surface area contributed by atoms with Gasteiger partial charge in [-0.05, 0) is 38.0 Å². The molecule has 172 valence electrons. The highest BCUT2D eigenvalue weighted by Gasteiger charge is 2.19. The topological polar surface area (TPSA) is 67.2 Å². The van der Waals surface area contributed by atoms with E-state index in [0.29, 0.717) is 28.5 Å². The quantitative estimate of drug-likeness (QED) is 0.267. The number of fused-ring (bicyclic) bond motifs is 1. The van der Waals surface area contributed by atoms with Crippen molar-refractivity contribution in [3.63, 3.8) is 0 Å². The average molecular weight is 499 g/mol. The molecule has 3 heterocycles. The summed E-state index contributed by atoms with van der Waals surface area (Å²) >= 11 is 4.39. The first kappa shape index (κ1) is 23.7. The summed E-state index contributed by atoms with van der Waals surface area (Å²) in [7, 11) is 4.01. The molecule has 0 spiro atoms. The number of carbonyl (C=O) groups is 1. The second-order valence-electron chi connectivity index (χ2n) is 7.73. The first-order valence-electron chi connectivity index (χ1n) is 10.7. The maximum Gasteiger partial charge on any atom is 0.263 e. The largest absolute Gasteiger partial charge is 0.353 e. The van der Waals surface area contributed by atoms with Crippen molar-refractivity contribution in [2.75, 3.05) is 26.4 Å². The first-order valence-corrected chi connectivity index (χ1v) is 13.4. The second kappa shape index (κ2) is 10.6. The van der Waals surface area contributed by atoms with Crippen LogP contribution in [0.3, 0.4) is 0 Å². The number of rotatable bonds is 9. The van der Waals surface area contributed by atoms with Crippen molar-refractivity contribution in [1.29, 1.82) is 0 Å². The molecule has 3 aromatic heterocycles. The minimum Gasteiger partial charge on any atom is -0.353 e. The standard InChI is InChI=1S/C24H26N4O2S3/c1-4-28-23(30)21-17(19-11-8-12-31-19)14-32-22(21)26-24(28)33-15-20(29)25-13-18(27(2)3)16-9-6-5-7-10-16/h5-12,14,18H,4,13,15H2,1-3H3,(H,25,29)/t18-/m1/s1. The smallest absolute Gasteiger partial charge is 0.263 e. The highest BCUT2D eigenvalue weighted by Crippen LogP contribution is 2.34. The Morgan fingerprint density at radius 3 is 2.64 bits per heavy atom. The Balaban J connectivity index is 1.48. The summed E-state index contributed by atoms with van der Waals surface area (Å²) in [6, 6.07) is 14.2. The summed E-state index contributed by atoms with van der Waals surface area (Å²) in [5.41, 5.74) is 2.04. The Morgan fingerprint density at radius 2 is 1.97 bits per heavy atom. The van der Waals surface area contributed by atoms with Crippen LogP contribution in [0.25, 0.3) is 20.7 Å². The van der Waals surface area contributed by atoms with Crippen LogP contribution in [0.4, 0.5) is 0 Å². The number of thioether (sulfide) groups is 1. The Bertz CT molecular complexity index is 1280. The Kier molecular flexibility index (Phi) is 7.64. The molecular weight excluding hydrogens is 472 g/mol. The van der Waals surface area contributed by atoms with E-state index in [2.05, 4.69) is 22.3 Å². The molecule has 0 fully saturated rings. The summed E-state index contributed by atoms with van der Waals surface area (Å²) in [5, 5.41) is 8.28. The lowest BCUT2D eigenvalue weighted by molar-refractivity contribution is -0.118. The Hall–Kier alpha value is -2.46. The third-order valence-electron chi connectivity index (χ3n) is 5.39. The summed E-state index contributed by atoms with van der Waals surface area (Å²) in [4.78, 5) is 34.5. The number of benzene rings is 1. The lowest BCUT2D eigenvalue weighted by Gasteiger charge is -2.25. The van der Waals surface area contributed by atoms with Crippen molar-refractivity contribution < 1.29 is 4.79 Å². The molecule has 0 aliphatic rings. The monoisotopic (exact) mass is 498 g/mol. The van der Waals surface area contributed by atoms with E-state index in [9.17, 15) is 9.59 Å². The summed E-state index contributed by atoms with van der Waals surface area (Å²) in [5.74, 6) is 0.126. The average Bonchev–Trinajstić information content (AvgIpc) is 3.48. The third-order valence-corrected chi connectivity index (χ3v) is 8.15. The molecule has 0 bridgehead atoms. The van der Waals surface area contributed by atoms with E-state index in [0.717, 1.165) is 16.0 Å². The van der Waals surface area contributed by atoms with Crippen LogP contribution in [0.2, 0.25) is 0 Å². The lowest BCUT2D eigenvalue weighted by atomic mass is 10.1. The fourth-order valence-electron chi connectivity index (χ4n) is 3.67. The number of carbonyl (C=O) groups excluding carboxylic acids is 1. The van der Waals surface area contributed by atoms with Gasteiger partial charge >= 0.3 is 0 Å². The molecule has 1 atom stereocenters. The van der Waals surface area contributed by atoms with Gasteiger partial charge < -0.3 is 10.2 Å². The van der Waals surface area contributed by atoms with Gasteiger partial charge in [0.05, 0.1) is 17.2 Å². The van der Waals surface area contributed by atoms with Crippen molar-refractivity contribution in [3.05, 3.63) is 69.1 Å². The van der Waals surface area contributed by atoms with E-state index in [1.54, 1.807) is 15.9 Å². The van der Waals surface area contributed by atoms with Gasteiger partial charge in [0.25, 0.3) is 5.56 Å². The van der Waals surface area contributed by atoms with Crippen molar-refractivity contribution in [2.45, 2.75) is 24.7 Å². The molecule has 1 amide bonds. The summed E-state index contributed by atoms with van der Waals surface area (Å²) in [6.45, 7) is 2.94. The van der Waals surface area contributed by atoms with E-state index >= 15 is 0 Å². The molecule has 1 aromatic carbocycles. The zero-order valence-corrected chi connectivity index (χ0v) is 21.2. The van der Waals surface area contributed by atoms with Gasteiger partial charge in [-0.2, -0.15) is 0 Å². The minimum atomic E-state index is -0.0785. The van der Waals surface area contributed by atoms with Crippen LogP contribution < -0.4 is 10.9 Å². The fraction of sp³-hybridized carbons (Fsp3) is 0.292. The van der Waals surface area contributed by atoms with Crippen LogP contribution in [0, 0.1) is 0 Å². The zero-order chi connectivity index (χ0) is 23.4. The highest BCUT2D eigenvalue weighted by molar-refractivity contribution is 7.99. The predicted octanol–water partition coefficient (Wildman–Crippen LogP) is 4.72. The van der Waals surface area contributed by atoms with Crippen LogP contribution in [-0.4, -0.2) is 46.8 Å². The minimum absolute atomic E-state index is 0.0493. The fourth-order valence-corrected chi connectivity index (χ4v) is 6.37. The van der Waals surface area contributed by atoms with Gasteiger partial charge in [-0.15, -0.1) is 22.7 Å². The molecule has 4 rings (SSSR count). The van der Waals surface area contributed by atoms with Gasteiger partial charge in [0.1, 0.15) is 4.83 Å². The molecule has 0 aliphatic heterocycles. The van der Waals surface area contributed by atoms with Crippen LogP contribution in [0.15, 0.2) is 63.2 Å². The van der Waals surface area contributed by atoms with Gasteiger partial charge in [-0.25, -0.2) is 4.98 Å². The van der Waals surface area contributed by atoms with Crippen LogP contribution in [0.5, 0.6) is 0 Å². The SMILES string of the molecule is CCn1c(SCC(=O)NC[C@H](c2ccccc2)N(C)C)nc2scc(-c3cccs3)c2c1=O. The van der Waals surface area contributed by atoms with Crippen LogP contribution in [-0.2, 0) is 11.3 Å². The van der Waals surface area contributed by atoms with Crippen molar-refractivity contribution in [1.82, 2.24) is 19.8 Å². The molecule has 4 aromatic rings. The molecule has 0 saturated heterocycles. The molecule has 0 unspecified atom stereocenters. The van der Waals surface area contributed by atoms with Crippen molar-refractivity contribution >= 4 is 50.6 Å². The number of nitrogens with one attached hydrogen (secondary N) is 1. The molecule has 0 aliphatic carbocycles. The van der Waals surface area contributed by atoms with Gasteiger partial charge in [-0.3, -0.25) is 14.2 Å². The van der Waals surface area contributed by atoms with E-state index < -0.39 is 0 Å². The van der Waals surface area contributed by atoms with Gasteiger partial charge in [-0.1, -0.05) is 48.2 Å². The van der Waals surface area contributed by atoms with Crippen molar-refractivity contribution in [3.8, 4) is 10.4 Å². The van der Waals surface area contributed by atoms with Gasteiger partial charge in [0.15, 0.2) is 5.16 Å². The maximum absolute atomic E-state index is 13.3. The molecule has 1 N–H and O–H groups in total. The molecule has 0 saturated carbocycles. The highest BCUT2D eigenvalue weighted by atomic mass is 32.2. The number of aromatic nitrogens is 2. The predicted molar refractivity (Wildman–Crippen MR) is 139 cm³/mol. The summed E-state index contributed by atoms with van der Waals surface area (Å²) < 4.78 is 1.66. The molecule has 6 nitrogen and oxygen atoms in total. The number of nitrogens with zero attached hydrogens (tertiary/aromatic N) is 3. The van der Waals surface area contributed by atoms with Crippen LogP contribution >= 0.6 is 34.4 Å². The number of hydrogen-bond acceptors (Lipinski definition) is 7. The third kappa shape index (κ3) is 5.22. The van der Waals surface area contributed by atoms with Crippen LogP contribution in [0.1, 0.15) is 18.5 Å².